The Morgan fingerprint density at radius 3 is 1.64 bits per heavy atom. The first kappa shape index (κ1) is 24.2. The SMILES string of the molecule is O=S(=O)(O)C(F)(F)C(F)(F)C(F)(F)C(F)CCCCCCC(F)(F)F. The maximum Gasteiger partial charge on any atom is 0.438 e. The summed E-state index contributed by atoms with van der Waals surface area (Å²) in [5.41, 5.74) is 0. The van der Waals surface area contributed by atoms with E-state index in [2.05, 4.69) is 0 Å². The molecule has 1 atom stereocenters. The van der Waals surface area contributed by atoms with Gasteiger partial charge in [-0.25, -0.2) is 4.39 Å². The van der Waals surface area contributed by atoms with E-state index < -0.39 is 65.2 Å². The Labute approximate surface area is 136 Å². The molecule has 0 rings (SSSR count). The quantitative estimate of drug-likeness (QED) is 0.311. The predicted molar refractivity (Wildman–Crippen MR) is 65.0 cm³/mol. The fraction of sp³-hybridized carbons (Fsp3) is 1.00. The summed E-state index contributed by atoms with van der Waals surface area (Å²) in [6.07, 6.45) is -12.5. The summed E-state index contributed by atoms with van der Waals surface area (Å²) < 4.78 is 155. The molecule has 3 nitrogen and oxygen atoms in total. The lowest BCUT2D eigenvalue weighted by molar-refractivity contribution is -0.300. The number of hydrogen-bond donors (Lipinski definition) is 1. The van der Waals surface area contributed by atoms with Crippen molar-refractivity contribution in [1.29, 1.82) is 0 Å². The molecule has 0 spiro atoms. The van der Waals surface area contributed by atoms with Crippen molar-refractivity contribution in [3.8, 4) is 0 Å². The van der Waals surface area contributed by atoms with E-state index in [1.54, 1.807) is 0 Å². The first-order valence-electron chi connectivity index (χ1n) is 6.69. The van der Waals surface area contributed by atoms with Crippen LogP contribution in [0, 0.1) is 0 Å². The fourth-order valence-corrected chi connectivity index (χ4v) is 2.20. The van der Waals surface area contributed by atoms with Crippen molar-refractivity contribution >= 4 is 10.1 Å². The molecule has 25 heavy (non-hydrogen) atoms. The summed E-state index contributed by atoms with van der Waals surface area (Å²) in [6, 6.07) is 0. The largest absolute Gasteiger partial charge is 0.438 e. The second-order valence-electron chi connectivity index (χ2n) is 5.22. The number of unbranched alkanes of at least 4 members (excludes halogenated alkanes) is 3. The van der Waals surface area contributed by atoms with Gasteiger partial charge in [0.05, 0.1) is 0 Å². The van der Waals surface area contributed by atoms with E-state index in [0.717, 1.165) is 0 Å². The van der Waals surface area contributed by atoms with Crippen LogP contribution in [0.5, 0.6) is 0 Å². The molecule has 0 aromatic carbocycles. The van der Waals surface area contributed by atoms with Crippen molar-refractivity contribution in [2.45, 2.75) is 68.0 Å². The highest BCUT2D eigenvalue weighted by Crippen LogP contribution is 2.50. The minimum Gasteiger partial charge on any atom is -0.281 e. The Morgan fingerprint density at radius 2 is 1.24 bits per heavy atom. The van der Waals surface area contributed by atoms with Gasteiger partial charge in [-0.15, -0.1) is 0 Å². The third-order valence-electron chi connectivity index (χ3n) is 3.17. The van der Waals surface area contributed by atoms with Crippen LogP contribution in [0.3, 0.4) is 0 Å². The summed E-state index contributed by atoms with van der Waals surface area (Å²) in [5, 5.41) is -6.64. The van der Waals surface area contributed by atoms with E-state index in [0.29, 0.717) is 0 Å². The molecule has 14 heteroatoms. The maximum atomic E-state index is 13.3. The lowest BCUT2D eigenvalue weighted by Gasteiger charge is -2.32. The van der Waals surface area contributed by atoms with Crippen LogP contribution in [0.1, 0.15) is 38.5 Å². The Bertz CT molecular complexity index is 529. The molecule has 0 aromatic heterocycles. The van der Waals surface area contributed by atoms with E-state index >= 15 is 0 Å². The van der Waals surface area contributed by atoms with Crippen molar-refractivity contribution in [2.75, 3.05) is 0 Å². The van der Waals surface area contributed by atoms with Crippen molar-refractivity contribution in [3.63, 3.8) is 0 Å². The van der Waals surface area contributed by atoms with Crippen LogP contribution < -0.4 is 0 Å². The fourth-order valence-electron chi connectivity index (χ4n) is 1.74. The van der Waals surface area contributed by atoms with E-state index in [-0.39, 0.29) is 12.8 Å². The van der Waals surface area contributed by atoms with Crippen LogP contribution in [0.15, 0.2) is 0 Å². The van der Waals surface area contributed by atoms with Crippen LogP contribution in [0.25, 0.3) is 0 Å². The zero-order valence-corrected chi connectivity index (χ0v) is 13.1. The zero-order valence-electron chi connectivity index (χ0n) is 12.3. The van der Waals surface area contributed by atoms with Crippen LogP contribution in [-0.4, -0.2) is 42.4 Å². The normalized spacial score (nSPS) is 16.1. The molecule has 0 bridgehead atoms. The molecule has 152 valence electrons. The number of halogens is 10. The van der Waals surface area contributed by atoms with Gasteiger partial charge >= 0.3 is 33.4 Å². The number of alkyl halides is 10. The van der Waals surface area contributed by atoms with Crippen LogP contribution >= 0.6 is 0 Å². The minimum atomic E-state index is -6.96. The smallest absolute Gasteiger partial charge is 0.281 e. The van der Waals surface area contributed by atoms with E-state index in [1.165, 1.54) is 0 Å². The van der Waals surface area contributed by atoms with Crippen molar-refractivity contribution in [1.82, 2.24) is 0 Å². The molecular formula is C11H14F10O3S. The highest BCUT2D eigenvalue weighted by molar-refractivity contribution is 7.87. The third-order valence-corrected chi connectivity index (χ3v) is 4.07. The van der Waals surface area contributed by atoms with Gasteiger partial charge in [0.2, 0.25) is 0 Å². The molecule has 0 aliphatic rings. The molecule has 0 saturated carbocycles. The van der Waals surface area contributed by atoms with Gasteiger partial charge in [-0.3, -0.25) is 4.55 Å². The summed E-state index contributed by atoms with van der Waals surface area (Å²) in [7, 11) is -6.96. The summed E-state index contributed by atoms with van der Waals surface area (Å²) >= 11 is 0. The number of hydrogen-bond acceptors (Lipinski definition) is 2. The molecule has 0 fully saturated rings. The average Bonchev–Trinajstić information content (AvgIpc) is 2.39. The summed E-state index contributed by atoms with van der Waals surface area (Å²) in [6.45, 7) is 0. The zero-order chi connectivity index (χ0) is 20.3. The first-order chi connectivity index (χ1) is 10.9. The lowest BCUT2D eigenvalue weighted by Crippen LogP contribution is -2.61. The minimum absolute atomic E-state index is 0.199. The van der Waals surface area contributed by atoms with Crippen LogP contribution in [0.4, 0.5) is 43.9 Å². The Balaban J connectivity index is 4.76. The van der Waals surface area contributed by atoms with Gasteiger partial charge in [-0.1, -0.05) is 19.3 Å². The van der Waals surface area contributed by atoms with Gasteiger partial charge in [0.25, 0.3) is 0 Å². The van der Waals surface area contributed by atoms with Gasteiger partial charge in [0, 0.05) is 6.42 Å². The molecule has 1 unspecified atom stereocenters. The highest BCUT2D eigenvalue weighted by atomic mass is 32.2. The van der Waals surface area contributed by atoms with Crippen molar-refractivity contribution in [2.24, 2.45) is 0 Å². The van der Waals surface area contributed by atoms with E-state index in [9.17, 15) is 52.3 Å². The average molecular weight is 416 g/mol. The maximum absolute atomic E-state index is 13.3. The molecule has 1 N–H and O–H groups in total. The van der Waals surface area contributed by atoms with Crippen LogP contribution in [-0.2, 0) is 10.1 Å². The first-order valence-corrected chi connectivity index (χ1v) is 8.13. The Hall–Kier alpha value is -0.790. The van der Waals surface area contributed by atoms with Gasteiger partial charge in [-0.05, 0) is 12.8 Å². The number of rotatable bonds is 10. The molecule has 0 aliphatic carbocycles. The lowest BCUT2D eigenvalue weighted by atomic mass is 10.0. The van der Waals surface area contributed by atoms with Gasteiger partial charge in [0.1, 0.15) is 0 Å². The second-order valence-corrected chi connectivity index (χ2v) is 6.69. The molecular weight excluding hydrogens is 402 g/mol. The molecule has 0 aromatic rings. The van der Waals surface area contributed by atoms with Crippen molar-refractivity contribution in [3.05, 3.63) is 0 Å². The van der Waals surface area contributed by atoms with E-state index in [1.807, 2.05) is 0 Å². The monoisotopic (exact) mass is 416 g/mol. The standard InChI is InChI=1S/C11H14F10O3S/c12-7(5-3-1-2-4-6-8(13,14)15)9(16,17)10(18,19)11(20,21)25(22,23)24/h7H,1-6H2,(H,22,23,24). The summed E-state index contributed by atoms with van der Waals surface area (Å²) in [4.78, 5) is 0. The van der Waals surface area contributed by atoms with Gasteiger partial charge in [0.15, 0.2) is 6.17 Å². The predicted octanol–water partition coefficient (Wildman–Crippen LogP) is 4.98. The van der Waals surface area contributed by atoms with Gasteiger partial charge < -0.3 is 0 Å². The second kappa shape index (κ2) is 7.84. The van der Waals surface area contributed by atoms with E-state index in [4.69, 9.17) is 4.55 Å². The van der Waals surface area contributed by atoms with Crippen molar-refractivity contribution < 1.29 is 56.9 Å². The summed E-state index contributed by atoms with van der Waals surface area (Å²) in [5.74, 6) is -12.9. The van der Waals surface area contributed by atoms with Gasteiger partial charge in [-0.2, -0.15) is 47.9 Å². The molecule has 0 radical (unpaired) electrons. The molecule has 0 heterocycles. The third kappa shape index (κ3) is 5.86. The highest BCUT2D eigenvalue weighted by Gasteiger charge is 2.79. The topological polar surface area (TPSA) is 54.4 Å². The molecule has 0 saturated heterocycles. The molecule has 0 amide bonds. The van der Waals surface area contributed by atoms with Crippen LogP contribution in [0.2, 0.25) is 0 Å². The Morgan fingerprint density at radius 1 is 0.800 bits per heavy atom. The Kier molecular flexibility index (Phi) is 7.59. The molecule has 0 aliphatic heterocycles.